The molecule has 4 heterocycles. The number of amides is 1. The number of nitro benzene ring substituents is 1. The summed E-state index contributed by atoms with van der Waals surface area (Å²) in [6, 6.07) is 31.0. The number of carbonyl (C=O) groups excluding carboxylic acids is 1. The molecule has 2 saturated heterocycles. The van der Waals surface area contributed by atoms with Crippen LogP contribution in [0.4, 0.5) is 17.1 Å². The number of nitrogens with zero attached hydrogens (tertiary/aromatic N) is 3. The predicted octanol–water partition coefficient (Wildman–Crippen LogP) is 8.23. The highest BCUT2D eigenvalue weighted by molar-refractivity contribution is 7.90. The van der Waals surface area contributed by atoms with Gasteiger partial charge in [-0.2, -0.15) is 0 Å². The van der Waals surface area contributed by atoms with Crippen molar-refractivity contribution in [3.63, 3.8) is 0 Å². The number of fused-ring (bicyclic) bond motifs is 1. The number of aromatic nitrogens is 2. The normalized spacial score (nSPS) is 16.1. The van der Waals surface area contributed by atoms with Gasteiger partial charge in [0, 0.05) is 49.6 Å². The van der Waals surface area contributed by atoms with E-state index in [1.54, 1.807) is 24.4 Å². The summed E-state index contributed by atoms with van der Waals surface area (Å²) in [6.45, 7) is 2.72. The lowest BCUT2D eigenvalue weighted by Gasteiger charge is -2.27. The van der Waals surface area contributed by atoms with E-state index in [1.165, 1.54) is 35.6 Å². The molecule has 1 unspecified atom stereocenters. The molecule has 2 aromatic heterocycles. The van der Waals surface area contributed by atoms with Crippen LogP contribution in [0.15, 0.2) is 120 Å². The van der Waals surface area contributed by atoms with Crippen LogP contribution in [-0.4, -0.2) is 55.5 Å². The molecule has 4 aromatic carbocycles. The van der Waals surface area contributed by atoms with Crippen LogP contribution in [0.25, 0.3) is 22.2 Å². The second-order valence-corrected chi connectivity index (χ2v) is 15.7. The number of pyridine rings is 1. The lowest BCUT2D eigenvalue weighted by molar-refractivity contribution is -0.384. The summed E-state index contributed by atoms with van der Waals surface area (Å²) < 4.78 is 40.9. The standard InChI is InChI=1S/C42H40N6O7S/c49-42(46-56(52,53)35-13-15-37(39(25-35)48(50)51)44-26-28-17-21-54-22-18-28)36-14-12-31(24-40(36)55-34-23-32-16-19-43-41(32)45-27-34)29-8-10-30(11-9-29)38-7-4-20-47(38)33-5-2-1-3-6-33/h1-3,5-6,8-16,19,23-25,27-28,38,44H,4,7,17-18,20-22,26H2,(H,43,45)(H,46,49). The van der Waals surface area contributed by atoms with E-state index in [0.717, 1.165) is 54.8 Å². The maximum absolute atomic E-state index is 13.8. The lowest BCUT2D eigenvalue weighted by atomic mass is 9.98. The van der Waals surface area contributed by atoms with E-state index in [4.69, 9.17) is 9.47 Å². The molecule has 0 radical (unpaired) electrons. The largest absolute Gasteiger partial charge is 0.455 e. The van der Waals surface area contributed by atoms with Crippen molar-refractivity contribution in [2.45, 2.75) is 36.6 Å². The van der Waals surface area contributed by atoms with Crippen LogP contribution in [0, 0.1) is 16.0 Å². The van der Waals surface area contributed by atoms with E-state index in [9.17, 15) is 23.3 Å². The van der Waals surface area contributed by atoms with Crippen LogP contribution < -0.4 is 19.7 Å². The Kier molecular flexibility index (Phi) is 10.4. The van der Waals surface area contributed by atoms with Crippen molar-refractivity contribution in [2.24, 2.45) is 5.92 Å². The molecule has 2 fully saturated rings. The van der Waals surface area contributed by atoms with Gasteiger partial charge in [-0.05, 0) is 96.8 Å². The van der Waals surface area contributed by atoms with E-state index in [1.807, 2.05) is 24.3 Å². The number of aromatic amines is 1. The molecule has 0 aliphatic carbocycles. The maximum Gasteiger partial charge on any atom is 0.293 e. The fraction of sp³-hybridized carbons (Fsp3) is 0.238. The third kappa shape index (κ3) is 7.93. The minimum atomic E-state index is -4.55. The Balaban J connectivity index is 1.06. The number of hydrogen-bond donors (Lipinski definition) is 3. The van der Waals surface area contributed by atoms with Crippen LogP contribution in [0.5, 0.6) is 11.5 Å². The molecule has 0 bridgehead atoms. The Morgan fingerprint density at radius 3 is 2.52 bits per heavy atom. The highest BCUT2D eigenvalue weighted by atomic mass is 32.2. The van der Waals surface area contributed by atoms with Crippen LogP contribution in [0.3, 0.4) is 0 Å². The Hall–Kier alpha value is -6.25. The SMILES string of the molecule is O=C(NS(=O)(=O)c1ccc(NCC2CCOCC2)c([N+](=O)[O-])c1)c1ccc(-c2ccc(C3CCCN3c3ccccc3)cc2)cc1Oc1cnc2[nH]ccc2c1. The summed E-state index contributed by atoms with van der Waals surface area (Å²) in [7, 11) is -4.55. The van der Waals surface area contributed by atoms with Crippen molar-refractivity contribution in [3.8, 4) is 22.6 Å². The predicted molar refractivity (Wildman–Crippen MR) is 214 cm³/mol. The monoisotopic (exact) mass is 772 g/mol. The second-order valence-electron chi connectivity index (χ2n) is 14.0. The molecule has 14 heteroatoms. The number of carbonyl (C=O) groups is 1. The number of para-hydroxylation sites is 1. The highest BCUT2D eigenvalue weighted by Gasteiger charge is 2.28. The topological polar surface area (TPSA) is 169 Å². The van der Waals surface area contributed by atoms with Gasteiger partial charge in [0.1, 0.15) is 22.8 Å². The third-order valence-electron chi connectivity index (χ3n) is 10.4. The molecule has 286 valence electrons. The average Bonchev–Trinajstić information content (AvgIpc) is 3.91. The van der Waals surface area contributed by atoms with Crippen LogP contribution >= 0.6 is 0 Å². The molecular formula is C42H40N6O7S. The van der Waals surface area contributed by atoms with Gasteiger partial charge < -0.3 is 24.7 Å². The quantitative estimate of drug-likeness (QED) is 0.0814. The van der Waals surface area contributed by atoms with Crippen molar-refractivity contribution in [1.29, 1.82) is 0 Å². The minimum absolute atomic E-state index is 0.0585. The number of sulfonamides is 1. The number of nitrogens with one attached hydrogen (secondary N) is 3. The van der Waals surface area contributed by atoms with Gasteiger partial charge in [0.25, 0.3) is 21.6 Å². The van der Waals surface area contributed by atoms with E-state index < -0.39 is 31.4 Å². The number of hydrogen-bond acceptors (Lipinski definition) is 10. The molecule has 6 aromatic rings. The van der Waals surface area contributed by atoms with E-state index in [0.29, 0.717) is 31.2 Å². The number of H-pyrrole nitrogens is 1. The molecule has 13 nitrogen and oxygen atoms in total. The second kappa shape index (κ2) is 15.8. The van der Waals surface area contributed by atoms with E-state index >= 15 is 0 Å². The van der Waals surface area contributed by atoms with Gasteiger partial charge in [-0.15, -0.1) is 0 Å². The fourth-order valence-electron chi connectivity index (χ4n) is 7.44. The fourth-order valence-corrected chi connectivity index (χ4v) is 8.42. The summed E-state index contributed by atoms with van der Waals surface area (Å²) >= 11 is 0. The van der Waals surface area contributed by atoms with Crippen molar-refractivity contribution in [1.82, 2.24) is 14.7 Å². The van der Waals surface area contributed by atoms with Crippen LogP contribution in [0.1, 0.15) is 47.6 Å². The number of nitro groups is 1. The lowest BCUT2D eigenvalue weighted by Crippen LogP contribution is -2.31. The highest BCUT2D eigenvalue weighted by Crippen LogP contribution is 2.38. The van der Waals surface area contributed by atoms with E-state index in [2.05, 4.69) is 61.3 Å². The Morgan fingerprint density at radius 1 is 0.946 bits per heavy atom. The zero-order valence-electron chi connectivity index (χ0n) is 30.4. The van der Waals surface area contributed by atoms with Gasteiger partial charge in [0.2, 0.25) is 0 Å². The molecule has 2 aliphatic heterocycles. The average molecular weight is 773 g/mol. The van der Waals surface area contributed by atoms with Crippen molar-refractivity contribution >= 4 is 44.0 Å². The first-order valence-electron chi connectivity index (χ1n) is 18.6. The molecule has 0 saturated carbocycles. The zero-order chi connectivity index (χ0) is 38.6. The van der Waals surface area contributed by atoms with Gasteiger partial charge in [0.15, 0.2) is 0 Å². The van der Waals surface area contributed by atoms with Crippen molar-refractivity contribution in [3.05, 3.63) is 137 Å². The molecule has 2 aliphatic rings. The smallest absolute Gasteiger partial charge is 0.293 e. The summed E-state index contributed by atoms with van der Waals surface area (Å²) in [5.41, 5.74) is 4.38. The van der Waals surface area contributed by atoms with Crippen LogP contribution in [0.2, 0.25) is 0 Å². The van der Waals surface area contributed by atoms with Gasteiger partial charge in [-0.3, -0.25) is 14.9 Å². The Labute approximate surface area is 323 Å². The van der Waals surface area contributed by atoms with Crippen molar-refractivity contribution < 1.29 is 27.6 Å². The molecule has 1 amide bonds. The number of rotatable bonds is 12. The summed E-state index contributed by atoms with van der Waals surface area (Å²) in [4.78, 5) is 34.6. The summed E-state index contributed by atoms with van der Waals surface area (Å²) in [5, 5.41) is 15.9. The zero-order valence-corrected chi connectivity index (χ0v) is 31.2. The maximum atomic E-state index is 13.8. The Bertz CT molecular complexity index is 2490. The minimum Gasteiger partial charge on any atom is -0.455 e. The number of benzene rings is 4. The number of ether oxygens (including phenoxy) is 2. The number of anilines is 2. The first-order chi connectivity index (χ1) is 27.2. The van der Waals surface area contributed by atoms with E-state index in [-0.39, 0.29) is 29.0 Å². The molecule has 8 rings (SSSR count). The van der Waals surface area contributed by atoms with Gasteiger partial charge in [0.05, 0.1) is 27.6 Å². The molecular weight excluding hydrogens is 733 g/mol. The van der Waals surface area contributed by atoms with Crippen molar-refractivity contribution in [2.75, 3.05) is 36.5 Å². The molecule has 56 heavy (non-hydrogen) atoms. The van der Waals surface area contributed by atoms with Crippen LogP contribution in [-0.2, 0) is 14.8 Å². The first-order valence-corrected chi connectivity index (χ1v) is 20.0. The third-order valence-corrected chi connectivity index (χ3v) is 11.8. The van der Waals surface area contributed by atoms with Gasteiger partial charge in [-0.25, -0.2) is 18.1 Å². The molecule has 1 atom stereocenters. The Morgan fingerprint density at radius 2 is 1.73 bits per heavy atom. The molecule has 3 N–H and O–H groups in total. The summed E-state index contributed by atoms with van der Waals surface area (Å²) in [5.74, 6) is -0.259. The van der Waals surface area contributed by atoms with Gasteiger partial charge in [-0.1, -0.05) is 48.5 Å². The summed E-state index contributed by atoms with van der Waals surface area (Å²) in [6.07, 6.45) is 7.05. The molecule has 0 spiro atoms. The first kappa shape index (κ1) is 36.7. The van der Waals surface area contributed by atoms with Gasteiger partial charge >= 0.3 is 0 Å².